The SMILES string of the molecule is COc1cc(F)c(-c2nc3c(cnn3-c3ccccc3)[nH]2)cc1OC. The van der Waals surface area contributed by atoms with Crippen LogP contribution < -0.4 is 9.47 Å². The molecule has 0 aliphatic carbocycles. The number of ether oxygens (including phenoxy) is 2. The van der Waals surface area contributed by atoms with Gasteiger partial charge in [0.25, 0.3) is 0 Å². The summed E-state index contributed by atoms with van der Waals surface area (Å²) in [4.78, 5) is 7.62. The molecule has 4 rings (SSSR count). The van der Waals surface area contributed by atoms with Crippen molar-refractivity contribution in [2.75, 3.05) is 14.2 Å². The number of hydrogen-bond donors (Lipinski definition) is 1. The van der Waals surface area contributed by atoms with Gasteiger partial charge in [0, 0.05) is 6.07 Å². The Labute approximate surface area is 142 Å². The van der Waals surface area contributed by atoms with E-state index in [-0.39, 0.29) is 0 Å². The summed E-state index contributed by atoms with van der Waals surface area (Å²) in [6.45, 7) is 0. The first kappa shape index (κ1) is 15.2. The van der Waals surface area contributed by atoms with Crippen molar-refractivity contribution in [3.05, 3.63) is 54.5 Å². The number of halogens is 1. The lowest BCUT2D eigenvalue weighted by molar-refractivity contribution is 0.352. The maximum Gasteiger partial charge on any atom is 0.181 e. The predicted octanol–water partition coefficient (Wildman–Crippen LogP) is 3.57. The Balaban J connectivity index is 1.85. The van der Waals surface area contributed by atoms with Gasteiger partial charge in [0.1, 0.15) is 17.2 Å². The van der Waals surface area contributed by atoms with E-state index < -0.39 is 5.82 Å². The molecule has 0 radical (unpaired) electrons. The highest BCUT2D eigenvalue weighted by Crippen LogP contribution is 2.34. The third-order valence-electron chi connectivity index (χ3n) is 3.94. The molecule has 6 nitrogen and oxygen atoms in total. The third kappa shape index (κ3) is 2.50. The van der Waals surface area contributed by atoms with Crippen molar-refractivity contribution >= 4 is 11.2 Å². The molecule has 126 valence electrons. The largest absolute Gasteiger partial charge is 0.493 e. The Morgan fingerprint density at radius 3 is 2.48 bits per heavy atom. The second-order valence-electron chi connectivity index (χ2n) is 5.40. The van der Waals surface area contributed by atoms with Crippen LogP contribution in [0.15, 0.2) is 48.7 Å². The quantitative estimate of drug-likeness (QED) is 0.618. The summed E-state index contributed by atoms with van der Waals surface area (Å²) in [6, 6.07) is 12.5. The monoisotopic (exact) mass is 338 g/mol. The molecule has 2 aromatic carbocycles. The molecule has 2 heterocycles. The molecular formula is C18H15FN4O2. The fourth-order valence-corrected chi connectivity index (χ4v) is 2.72. The first-order chi connectivity index (χ1) is 12.2. The van der Waals surface area contributed by atoms with Crippen molar-refractivity contribution in [2.24, 2.45) is 0 Å². The van der Waals surface area contributed by atoms with E-state index in [1.54, 1.807) is 16.9 Å². The number of fused-ring (bicyclic) bond motifs is 1. The lowest BCUT2D eigenvalue weighted by Gasteiger charge is -2.09. The van der Waals surface area contributed by atoms with Crippen LogP contribution in [0.5, 0.6) is 11.5 Å². The number of aromatic amines is 1. The van der Waals surface area contributed by atoms with Gasteiger partial charge in [-0.25, -0.2) is 14.1 Å². The van der Waals surface area contributed by atoms with Gasteiger partial charge in [0.05, 0.1) is 31.7 Å². The van der Waals surface area contributed by atoms with E-state index in [0.717, 1.165) is 5.69 Å². The zero-order valence-electron chi connectivity index (χ0n) is 13.7. The number of methoxy groups -OCH3 is 2. The number of imidazole rings is 1. The summed E-state index contributed by atoms with van der Waals surface area (Å²) in [5.74, 6) is 0.711. The van der Waals surface area contributed by atoms with Crippen molar-refractivity contribution < 1.29 is 13.9 Å². The van der Waals surface area contributed by atoms with Crippen molar-refractivity contribution in [2.45, 2.75) is 0 Å². The fourth-order valence-electron chi connectivity index (χ4n) is 2.72. The lowest BCUT2D eigenvalue weighted by Crippen LogP contribution is -1.97. The van der Waals surface area contributed by atoms with Crippen LogP contribution in [0.3, 0.4) is 0 Å². The average molecular weight is 338 g/mol. The number of para-hydroxylation sites is 1. The molecule has 0 unspecified atom stereocenters. The number of H-pyrrole nitrogens is 1. The minimum atomic E-state index is -0.451. The maximum absolute atomic E-state index is 14.5. The Morgan fingerprint density at radius 2 is 1.76 bits per heavy atom. The first-order valence-electron chi connectivity index (χ1n) is 7.62. The van der Waals surface area contributed by atoms with Crippen LogP contribution in [0.2, 0.25) is 0 Å². The van der Waals surface area contributed by atoms with E-state index in [2.05, 4.69) is 15.1 Å². The molecule has 2 aromatic heterocycles. The minimum absolute atomic E-state index is 0.300. The molecule has 4 aromatic rings. The molecule has 0 aliphatic heterocycles. The zero-order valence-corrected chi connectivity index (χ0v) is 13.7. The smallest absolute Gasteiger partial charge is 0.181 e. The molecule has 7 heteroatoms. The molecule has 0 atom stereocenters. The standard InChI is InChI=1S/C18H15FN4O2/c1-24-15-8-12(13(19)9-16(15)25-2)17-21-14-10-20-23(18(14)22-17)11-6-4-3-5-7-11/h3-10H,1-2H3,(H,21,22). The molecule has 0 spiro atoms. The Kier molecular flexibility index (Phi) is 3.61. The highest BCUT2D eigenvalue weighted by Gasteiger charge is 2.17. The van der Waals surface area contributed by atoms with Gasteiger partial charge < -0.3 is 14.5 Å². The van der Waals surface area contributed by atoms with Crippen molar-refractivity contribution in [3.8, 4) is 28.6 Å². The Morgan fingerprint density at radius 1 is 1.04 bits per heavy atom. The summed E-state index contributed by atoms with van der Waals surface area (Å²) >= 11 is 0. The highest BCUT2D eigenvalue weighted by molar-refractivity contribution is 5.78. The molecule has 0 saturated heterocycles. The summed E-state index contributed by atoms with van der Waals surface area (Å²) < 4.78 is 26.6. The van der Waals surface area contributed by atoms with Crippen LogP contribution in [-0.2, 0) is 0 Å². The number of nitrogens with one attached hydrogen (secondary N) is 1. The van der Waals surface area contributed by atoms with Crippen molar-refractivity contribution in [1.82, 2.24) is 19.7 Å². The minimum Gasteiger partial charge on any atom is -0.493 e. The van der Waals surface area contributed by atoms with Gasteiger partial charge in [0.2, 0.25) is 0 Å². The van der Waals surface area contributed by atoms with Crippen LogP contribution in [0.25, 0.3) is 28.2 Å². The fraction of sp³-hybridized carbons (Fsp3) is 0.111. The van der Waals surface area contributed by atoms with Crippen molar-refractivity contribution in [1.29, 1.82) is 0 Å². The predicted molar refractivity (Wildman–Crippen MR) is 91.7 cm³/mol. The number of aromatic nitrogens is 4. The lowest BCUT2D eigenvalue weighted by atomic mass is 10.1. The summed E-state index contributed by atoms with van der Waals surface area (Å²) in [6.07, 6.45) is 1.66. The third-order valence-corrected chi connectivity index (χ3v) is 3.94. The highest BCUT2D eigenvalue weighted by atomic mass is 19.1. The van der Waals surface area contributed by atoms with Crippen LogP contribution in [-0.4, -0.2) is 34.0 Å². The van der Waals surface area contributed by atoms with Crippen molar-refractivity contribution in [3.63, 3.8) is 0 Å². The molecule has 25 heavy (non-hydrogen) atoms. The molecule has 1 N–H and O–H groups in total. The molecule has 0 aliphatic rings. The summed E-state index contributed by atoms with van der Waals surface area (Å²) in [5.41, 5.74) is 2.51. The van der Waals surface area contributed by atoms with Gasteiger partial charge in [-0.2, -0.15) is 5.10 Å². The first-order valence-corrected chi connectivity index (χ1v) is 7.62. The van der Waals surface area contributed by atoms with E-state index in [9.17, 15) is 4.39 Å². The molecule has 0 amide bonds. The second-order valence-corrected chi connectivity index (χ2v) is 5.40. The van der Waals surface area contributed by atoms with E-state index in [4.69, 9.17) is 9.47 Å². The van der Waals surface area contributed by atoms with Crippen LogP contribution in [0.4, 0.5) is 4.39 Å². The average Bonchev–Trinajstić information content (AvgIpc) is 3.22. The molecule has 0 fully saturated rings. The van der Waals surface area contributed by atoms with Gasteiger partial charge >= 0.3 is 0 Å². The second kappa shape index (κ2) is 5.94. The molecule has 0 saturated carbocycles. The van der Waals surface area contributed by atoms with Gasteiger partial charge in [-0.15, -0.1) is 0 Å². The summed E-state index contributed by atoms with van der Waals surface area (Å²) in [5, 5.41) is 4.33. The maximum atomic E-state index is 14.5. The Hall–Kier alpha value is -3.35. The van der Waals surface area contributed by atoms with Gasteiger partial charge in [-0.05, 0) is 18.2 Å². The summed E-state index contributed by atoms with van der Waals surface area (Å²) in [7, 11) is 2.97. The Bertz CT molecular complexity index is 1040. The normalized spacial score (nSPS) is 11.0. The molecule has 0 bridgehead atoms. The van der Waals surface area contributed by atoms with E-state index in [1.165, 1.54) is 20.3 Å². The number of benzene rings is 2. The zero-order chi connectivity index (χ0) is 17.4. The van der Waals surface area contributed by atoms with Gasteiger partial charge in [-0.1, -0.05) is 18.2 Å². The van der Waals surface area contributed by atoms with Crippen LogP contribution >= 0.6 is 0 Å². The van der Waals surface area contributed by atoms with Gasteiger partial charge in [-0.3, -0.25) is 0 Å². The van der Waals surface area contributed by atoms with E-state index in [1.807, 2.05) is 30.3 Å². The number of nitrogens with zero attached hydrogens (tertiary/aromatic N) is 3. The molecular weight excluding hydrogens is 323 g/mol. The topological polar surface area (TPSA) is 65.0 Å². The van der Waals surface area contributed by atoms with Crippen LogP contribution in [0.1, 0.15) is 0 Å². The van der Waals surface area contributed by atoms with Gasteiger partial charge in [0.15, 0.2) is 17.1 Å². The number of hydrogen-bond acceptors (Lipinski definition) is 4. The van der Waals surface area contributed by atoms with Crippen LogP contribution in [0, 0.1) is 5.82 Å². The number of rotatable bonds is 4. The van der Waals surface area contributed by atoms with E-state index >= 15 is 0 Å². The van der Waals surface area contributed by atoms with E-state index in [0.29, 0.717) is 34.1 Å².